The predicted octanol–water partition coefficient (Wildman–Crippen LogP) is 2.20. The second kappa shape index (κ2) is 6.92. The van der Waals surface area contributed by atoms with Crippen molar-refractivity contribution in [2.75, 3.05) is 18.9 Å². The van der Waals surface area contributed by atoms with Gasteiger partial charge < -0.3 is 15.9 Å². The first-order chi connectivity index (χ1) is 11.6. The summed E-state index contributed by atoms with van der Waals surface area (Å²) in [4.78, 5) is 4.13. The van der Waals surface area contributed by atoms with E-state index in [4.69, 9.17) is 10.8 Å². The van der Waals surface area contributed by atoms with Crippen molar-refractivity contribution in [2.24, 2.45) is 0 Å². The van der Waals surface area contributed by atoms with E-state index in [1.165, 1.54) is 18.3 Å². The minimum Gasteiger partial charge on any atom is -0.395 e. The molecule has 0 bridgehead atoms. The summed E-state index contributed by atoms with van der Waals surface area (Å²) in [6.45, 7) is 0.176. The van der Waals surface area contributed by atoms with Gasteiger partial charge in [0.25, 0.3) is 0 Å². The Hall–Kier alpha value is -2.54. The lowest BCUT2D eigenvalue weighted by atomic mass is 9.99. The molecule has 0 fully saturated rings. The number of hydrogen-bond donors (Lipinski definition) is 4. The fourth-order valence-corrected chi connectivity index (χ4v) is 2.66. The second-order valence-corrected chi connectivity index (χ2v) is 5.45. The number of nitrogens with zero attached hydrogens (tertiary/aromatic N) is 1. The molecule has 5 nitrogen and oxygen atoms in total. The van der Waals surface area contributed by atoms with Crippen molar-refractivity contribution < 1.29 is 14.6 Å². The zero-order chi connectivity index (χ0) is 17.1. The molecule has 124 valence electrons. The van der Waals surface area contributed by atoms with Crippen molar-refractivity contribution in [3.63, 3.8) is 0 Å². The number of benzene rings is 2. The quantitative estimate of drug-likeness (QED) is 0.539. The van der Waals surface area contributed by atoms with E-state index in [9.17, 15) is 9.50 Å². The van der Waals surface area contributed by atoms with E-state index >= 15 is 0 Å². The van der Waals surface area contributed by atoms with Crippen LogP contribution in [-0.4, -0.2) is 28.3 Å². The number of aliphatic hydroxyl groups is 2. The Bertz CT molecular complexity index is 870. The highest BCUT2D eigenvalue weighted by Crippen LogP contribution is 2.31. The van der Waals surface area contributed by atoms with Crippen LogP contribution in [0.3, 0.4) is 0 Å². The molecular formula is C18H18FN3O2. The van der Waals surface area contributed by atoms with E-state index in [-0.39, 0.29) is 19.0 Å². The van der Waals surface area contributed by atoms with Crippen LogP contribution in [0.15, 0.2) is 48.7 Å². The topological polar surface area (TPSA) is 91.4 Å². The zero-order valence-electron chi connectivity index (χ0n) is 12.9. The first-order valence-corrected chi connectivity index (χ1v) is 7.56. The number of hydrogen-bond acceptors (Lipinski definition) is 5. The maximum atomic E-state index is 13.4. The Morgan fingerprint density at radius 1 is 1.12 bits per heavy atom. The monoisotopic (exact) mass is 327 g/mol. The Kier molecular flexibility index (Phi) is 4.71. The molecule has 1 atom stereocenters. The summed E-state index contributed by atoms with van der Waals surface area (Å²) in [6, 6.07) is 11.8. The largest absolute Gasteiger partial charge is 0.395 e. The molecule has 3 aromatic rings. The number of fused-ring (bicyclic) bond motifs is 1. The number of aromatic nitrogens is 1. The zero-order valence-corrected chi connectivity index (χ0v) is 12.9. The molecule has 24 heavy (non-hydrogen) atoms. The van der Waals surface area contributed by atoms with Crippen LogP contribution in [-0.2, 0) is 0 Å². The van der Waals surface area contributed by atoms with Crippen LogP contribution in [0.25, 0.3) is 21.9 Å². The van der Waals surface area contributed by atoms with Crippen LogP contribution in [0.1, 0.15) is 11.8 Å². The summed E-state index contributed by atoms with van der Waals surface area (Å²) < 4.78 is 13.4. The Labute approximate surface area is 138 Å². The van der Waals surface area contributed by atoms with E-state index < -0.39 is 6.23 Å². The first kappa shape index (κ1) is 16.3. The van der Waals surface area contributed by atoms with Gasteiger partial charge in [0.15, 0.2) is 0 Å². The molecule has 1 unspecified atom stereocenters. The highest BCUT2D eigenvalue weighted by Gasteiger charge is 2.14. The van der Waals surface area contributed by atoms with Crippen LogP contribution in [0.2, 0.25) is 0 Å². The van der Waals surface area contributed by atoms with Gasteiger partial charge in [0.1, 0.15) is 17.9 Å². The molecular weight excluding hydrogens is 309 g/mol. The molecule has 0 saturated carbocycles. The number of nitrogens with one attached hydrogen (secondary N) is 1. The summed E-state index contributed by atoms with van der Waals surface area (Å²) in [6.07, 6.45) is 0.543. The second-order valence-electron chi connectivity index (χ2n) is 5.45. The number of aliphatic hydroxyl groups excluding tert-OH is 2. The average molecular weight is 327 g/mol. The molecule has 0 radical (unpaired) electrons. The molecule has 3 rings (SSSR count). The van der Waals surface area contributed by atoms with Crippen LogP contribution < -0.4 is 11.1 Å². The number of nitrogens with two attached hydrogens (primary N) is 1. The van der Waals surface area contributed by atoms with Gasteiger partial charge in [0.05, 0.1) is 6.61 Å². The fraction of sp³-hybridized carbons (Fsp3) is 0.167. The SMILES string of the molecule is Nc1ncc(C(O)NCCO)c2ccc(-c3cccc(F)c3)cc12. The molecule has 0 aliphatic heterocycles. The first-order valence-electron chi connectivity index (χ1n) is 7.56. The Morgan fingerprint density at radius 2 is 1.92 bits per heavy atom. The van der Waals surface area contributed by atoms with Crippen molar-refractivity contribution >= 4 is 16.6 Å². The standard InChI is InChI=1S/C18H18FN3O2/c19-13-3-1-2-11(8-13)12-4-5-14-15(9-12)17(20)22-10-16(14)18(24)21-6-7-23/h1-5,8-10,18,21,23-24H,6-7H2,(H2,20,22). The third-order valence-corrected chi connectivity index (χ3v) is 3.85. The van der Waals surface area contributed by atoms with Crippen LogP contribution >= 0.6 is 0 Å². The summed E-state index contributed by atoms with van der Waals surface area (Å²) >= 11 is 0. The summed E-state index contributed by atoms with van der Waals surface area (Å²) in [7, 11) is 0. The van der Waals surface area contributed by atoms with Gasteiger partial charge in [0, 0.05) is 23.7 Å². The Balaban J connectivity index is 2.08. The van der Waals surface area contributed by atoms with Gasteiger partial charge >= 0.3 is 0 Å². The van der Waals surface area contributed by atoms with Gasteiger partial charge in [-0.2, -0.15) is 0 Å². The lowest BCUT2D eigenvalue weighted by Crippen LogP contribution is -2.24. The third kappa shape index (κ3) is 3.21. The van der Waals surface area contributed by atoms with Crippen LogP contribution in [0, 0.1) is 5.82 Å². The molecule has 1 aromatic heterocycles. The maximum Gasteiger partial charge on any atom is 0.133 e. The van der Waals surface area contributed by atoms with Crippen molar-refractivity contribution in [2.45, 2.75) is 6.23 Å². The van der Waals surface area contributed by atoms with E-state index in [2.05, 4.69) is 10.3 Å². The molecule has 0 amide bonds. The lowest BCUT2D eigenvalue weighted by Gasteiger charge is -2.16. The van der Waals surface area contributed by atoms with Gasteiger partial charge in [-0.1, -0.05) is 24.3 Å². The molecule has 6 heteroatoms. The smallest absolute Gasteiger partial charge is 0.133 e. The van der Waals surface area contributed by atoms with Gasteiger partial charge in [-0.25, -0.2) is 9.37 Å². The van der Waals surface area contributed by atoms with Crippen LogP contribution in [0.5, 0.6) is 0 Å². The maximum absolute atomic E-state index is 13.4. The molecule has 0 saturated heterocycles. The number of rotatable bonds is 5. The third-order valence-electron chi connectivity index (χ3n) is 3.85. The van der Waals surface area contributed by atoms with Crippen LogP contribution in [0.4, 0.5) is 10.2 Å². The molecule has 5 N–H and O–H groups in total. The molecule has 0 aliphatic carbocycles. The van der Waals surface area contributed by atoms with Crippen molar-refractivity contribution in [3.8, 4) is 11.1 Å². The van der Waals surface area contributed by atoms with Gasteiger partial charge in [0.2, 0.25) is 0 Å². The van der Waals surface area contributed by atoms with E-state index in [1.54, 1.807) is 6.07 Å². The number of halogens is 1. The number of anilines is 1. The molecule has 0 spiro atoms. The number of nitrogen functional groups attached to an aromatic ring is 1. The van der Waals surface area contributed by atoms with E-state index in [1.807, 2.05) is 24.3 Å². The van der Waals surface area contributed by atoms with E-state index in [0.717, 1.165) is 16.5 Å². The molecule has 0 aliphatic rings. The molecule has 2 aromatic carbocycles. The fourth-order valence-electron chi connectivity index (χ4n) is 2.66. The van der Waals surface area contributed by atoms with Gasteiger partial charge in [-0.3, -0.25) is 5.32 Å². The summed E-state index contributed by atoms with van der Waals surface area (Å²) in [5.74, 6) is 0.0254. The predicted molar refractivity (Wildman–Crippen MR) is 91.6 cm³/mol. The van der Waals surface area contributed by atoms with E-state index in [0.29, 0.717) is 16.8 Å². The minimum absolute atomic E-state index is 0.0822. The van der Waals surface area contributed by atoms with Crippen molar-refractivity contribution in [1.29, 1.82) is 0 Å². The minimum atomic E-state index is -0.965. The Morgan fingerprint density at radius 3 is 2.67 bits per heavy atom. The van der Waals surface area contributed by atoms with Crippen molar-refractivity contribution in [3.05, 3.63) is 60.0 Å². The van der Waals surface area contributed by atoms with Gasteiger partial charge in [-0.15, -0.1) is 0 Å². The highest BCUT2D eigenvalue weighted by molar-refractivity contribution is 5.96. The summed E-state index contributed by atoms with van der Waals surface area (Å²) in [5, 5.41) is 23.3. The number of pyridine rings is 1. The average Bonchev–Trinajstić information content (AvgIpc) is 2.60. The highest BCUT2D eigenvalue weighted by atomic mass is 19.1. The summed E-state index contributed by atoms with van der Waals surface area (Å²) in [5.41, 5.74) is 8.09. The lowest BCUT2D eigenvalue weighted by molar-refractivity contribution is 0.130. The molecule has 1 heterocycles. The normalized spacial score (nSPS) is 12.5. The van der Waals surface area contributed by atoms with Crippen molar-refractivity contribution in [1.82, 2.24) is 10.3 Å². The van der Waals surface area contributed by atoms with Gasteiger partial charge in [-0.05, 0) is 34.7 Å².